The Hall–Kier alpha value is -3.09. The number of amides is 1. The van der Waals surface area contributed by atoms with Gasteiger partial charge in [-0.15, -0.1) is 0 Å². The number of carbonyl (C=O) groups is 1. The van der Waals surface area contributed by atoms with Crippen molar-refractivity contribution in [3.8, 4) is 22.5 Å². The van der Waals surface area contributed by atoms with Gasteiger partial charge in [-0.3, -0.25) is 14.8 Å². The van der Waals surface area contributed by atoms with E-state index in [1.807, 2.05) is 24.7 Å². The van der Waals surface area contributed by atoms with Crippen molar-refractivity contribution in [2.24, 2.45) is 11.8 Å². The summed E-state index contributed by atoms with van der Waals surface area (Å²) in [6.07, 6.45) is 3.53. The van der Waals surface area contributed by atoms with E-state index >= 15 is 0 Å². The van der Waals surface area contributed by atoms with Crippen LogP contribution in [0.15, 0.2) is 42.7 Å². The summed E-state index contributed by atoms with van der Waals surface area (Å²) in [5, 5.41) is 7.41. The highest BCUT2D eigenvalue weighted by Crippen LogP contribution is 2.30. The molecule has 2 aromatic heterocycles. The van der Waals surface area contributed by atoms with Crippen LogP contribution < -0.4 is 5.32 Å². The maximum Gasteiger partial charge on any atom is 0.229 e. The molecule has 0 saturated carbocycles. The van der Waals surface area contributed by atoms with Crippen molar-refractivity contribution in [3.05, 3.63) is 48.5 Å². The Balaban J connectivity index is 2.03. The molecule has 0 saturated heterocycles. The van der Waals surface area contributed by atoms with Gasteiger partial charge in [-0.1, -0.05) is 27.7 Å². The van der Waals surface area contributed by atoms with Crippen molar-refractivity contribution in [2.75, 3.05) is 5.32 Å². The van der Waals surface area contributed by atoms with Crippen molar-refractivity contribution in [1.29, 1.82) is 0 Å². The Bertz CT molecular complexity index is 963. The first-order valence-corrected chi connectivity index (χ1v) is 9.31. The summed E-state index contributed by atoms with van der Waals surface area (Å²) in [4.78, 5) is 20.6. The molecule has 7 heteroatoms. The summed E-state index contributed by atoms with van der Waals surface area (Å²) in [6, 6.07) is 7.99. The normalized spacial score (nSPS) is 11.2. The molecule has 0 radical (unpaired) electrons. The van der Waals surface area contributed by atoms with Crippen LogP contribution in [0, 0.1) is 17.7 Å². The SMILES string of the molecule is CC(C)Cn1cc(-c2ccnc(NC(=O)C(C)C)n2)c(-c2ccc(F)cc2)n1. The van der Waals surface area contributed by atoms with E-state index in [1.54, 1.807) is 24.4 Å². The smallest absolute Gasteiger partial charge is 0.229 e. The van der Waals surface area contributed by atoms with Gasteiger partial charge in [-0.25, -0.2) is 14.4 Å². The van der Waals surface area contributed by atoms with Crippen LogP contribution in [0.1, 0.15) is 27.7 Å². The second kappa shape index (κ2) is 8.29. The number of benzene rings is 1. The Morgan fingerprint density at radius 2 is 1.86 bits per heavy atom. The molecule has 3 aromatic rings. The second-order valence-electron chi connectivity index (χ2n) is 7.42. The fraction of sp³-hybridized carbons (Fsp3) is 0.333. The predicted octanol–water partition coefficient (Wildman–Crippen LogP) is 4.40. The number of nitrogens with zero attached hydrogens (tertiary/aromatic N) is 4. The third-order valence-corrected chi connectivity index (χ3v) is 4.12. The minimum absolute atomic E-state index is 0.147. The van der Waals surface area contributed by atoms with Gasteiger partial charge in [-0.05, 0) is 36.2 Å². The maximum absolute atomic E-state index is 13.4. The van der Waals surface area contributed by atoms with Crippen LogP contribution in [0.5, 0.6) is 0 Å². The first-order valence-electron chi connectivity index (χ1n) is 9.31. The van der Waals surface area contributed by atoms with Gasteiger partial charge in [0, 0.05) is 36.0 Å². The molecule has 0 spiro atoms. The van der Waals surface area contributed by atoms with Gasteiger partial charge in [0.05, 0.1) is 5.69 Å². The first-order chi connectivity index (χ1) is 13.3. The molecular weight excluding hydrogens is 357 g/mol. The lowest BCUT2D eigenvalue weighted by molar-refractivity contribution is -0.118. The third kappa shape index (κ3) is 4.60. The summed E-state index contributed by atoms with van der Waals surface area (Å²) in [7, 11) is 0. The van der Waals surface area contributed by atoms with Crippen molar-refractivity contribution >= 4 is 11.9 Å². The van der Waals surface area contributed by atoms with Gasteiger partial charge in [-0.2, -0.15) is 5.10 Å². The molecule has 0 bridgehead atoms. The molecule has 0 aliphatic heterocycles. The summed E-state index contributed by atoms with van der Waals surface area (Å²) in [5.74, 6) is 0.0489. The average Bonchev–Trinajstić information content (AvgIpc) is 3.05. The lowest BCUT2D eigenvalue weighted by atomic mass is 10.1. The van der Waals surface area contributed by atoms with Crippen molar-refractivity contribution in [2.45, 2.75) is 34.2 Å². The number of rotatable bonds is 6. The first kappa shape index (κ1) is 19.7. The average molecular weight is 381 g/mol. The van der Waals surface area contributed by atoms with Crippen LogP contribution >= 0.6 is 0 Å². The topological polar surface area (TPSA) is 72.7 Å². The van der Waals surface area contributed by atoms with E-state index in [4.69, 9.17) is 5.10 Å². The summed E-state index contributed by atoms with van der Waals surface area (Å²) >= 11 is 0. The third-order valence-electron chi connectivity index (χ3n) is 4.12. The molecule has 6 nitrogen and oxygen atoms in total. The minimum atomic E-state index is -0.298. The zero-order valence-electron chi connectivity index (χ0n) is 16.5. The maximum atomic E-state index is 13.4. The predicted molar refractivity (Wildman–Crippen MR) is 107 cm³/mol. The van der Waals surface area contributed by atoms with Crippen LogP contribution in [0.25, 0.3) is 22.5 Å². The van der Waals surface area contributed by atoms with E-state index < -0.39 is 0 Å². The number of carbonyl (C=O) groups excluding carboxylic acids is 1. The minimum Gasteiger partial charge on any atom is -0.294 e. The molecule has 1 N–H and O–H groups in total. The van der Waals surface area contributed by atoms with Gasteiger partial charge < -0.3 is 0 Å². The van der Waals surface area contributed by atoms with E-state index in [0.29, 0.717) is 17.3 Å². The quantitative estimate of drug-likeness (QED) is 0.687. The van der Waals surface area contributed by atoms with Crippen LogP contribution in [0.2, 0.25) is 0 Å². The second-order valence-corrected chi connectivity index (χ2v) is 7.42. The number of hydrogen-bond acceptors (Lipinski definition) is 4. The Kier molecular flexibility index (Phi) is 5.82. The highest BCUT2D eigenvalue weighted by molar-refractivity contribution is 5.90. The van der Waals surface area contributed by atoms with Gasteiger partial charge in [0.1, 0.15) is 11.5 Å². The number of halogens is 1. The molecule has 3 rings (SSSR count). The fourth-order valence-corrected chi connectivity index (χ4v) is 2.72. The van der Waals surface area contributed by atoms with Crippen molar-refractivity contribution in [1.82, 2.24) is 19.7 Å². The standard InChI is InChI=1S/C21H24FN5O/c1-13(2)11-27-12-17(19(26-27)15-5-7-16(22)8-6-15)18-9-10-23-21(24-18)25-20(28)14(3)4/h5-10,12-14H,11H2,1-4H3,(H,23,24,25,28). The number of aromatic nitrogens is 4. The van der Waals surface area contributed by atoms with Crippen LogP contribution in [-0.4, -0.2) is 25.7 Å². The van der Waals surface area contributed by atoms with Crippen molar-refractivity contribution < 1.29 is 9.18 Å². The van der Waals surface area contributed by atoms with Gasteiger partial charge >= 0.3 is 0 Å². The molecule has 0 unspecified atom stereocenters. The molecule has 1 amide bonds. The number of nitrogens with one attached hydrogen (secondary N) is 1. The molecule has 2 heterocycles. The molecule has 1 aromatic carbocycles. The summed E-state index contributed by atoms with van der Waals surface area (Å²) in [5.41, 5.74) is 2.95. The van der Waals surface area contributed by atoms with E-state index in [1.165, 1.54) is 12.1 Å². The van der Waals surface area contributed by atoms with Crippen molar-refractivity contribution in [3.63, 3.8) is 0 Å². The lowest BCUT2D eigenvalue weighted by Gasteiger charge is -2.07. The number of anilines is 1. The lowest BCUT2D eigenvalue weighted by Crippen LogP contribution is -2.19. The monoisotopic (exact) mass is 381 g/mol. The molecule has 0 fully saturated rings. The van der Waals surface area contributed by atoms with Gasteiger partial charge in [0.25, 0.3) is 0 Å². The molecule has 146 valence electrons. The largest absolute Gasteiger partial charge is 0.294 e. The number of hydrogen-bond donors (Lipinski definition) is 1. The zero-order valence-corrected chi connectivity index (χ0v) is 16.5. The summed E-state index contributed by atoms with van der Waals surface area (Å²) < 4.78 is 15.2. The molecule has 0 aliphatic rings. The molecule has 0 atom stereocenters. The van der Waals surface area contributed by atoms with E-state index in [2.05, 4.69) is 29.1 Å². The van der Waals surface area contributed by atoms with Gasteiger partial charge in [0.15, 0.2) is 0 Å². The van der Waals surface area contributed by atoms with Crippen LogP contribution in [0.4, 0.5) is 10.3 Å². The molecular formula is C21H24FN5O. The Morgan fingerprint density at radius 3 is 2.50 bits per heavy atom. The fourth-order valence-electron chi connectivity index (χ4n) is 2.72. The molecule has 0 aliphatic carbocycles. The van der Waals surface area contributed by atoms with E-state index in [0.717, 1.165) is 17.7 Å². The van der Waals surface area contributed by atoms with E-state index in [-0.39, 0.29) is 23.6 Å². The highest BCUT2D eigenvalue weighted by Gasteiger charge is 2.17. The zero-order chi connectivity index (χ0) is 20.3. The van der Waals surface area contributed by atoms with Crippen LogP contribution in [0.3, 0.4) is 0 Å². The Morgan fingerprint density at radius 1 is 1.14 bits per heavy atom. The Labute approximate surface area is 163 Å². The van der Waals surface area contributed by atoms with Crippen LogP contribution in [-0.2, 0) is 11.3 Å². The van der Waals surface area contributed by atoms with E-state index in [9.17, 15) is 9.18 Å². The molecule has 28 heavy (non-hydrogen) atoms. The van der Waals surface area contributed by atoms with Gasteiger partial charge in [0.2, 0.25) is 11.9 Å². The summed E-state index contributed by atoms with van der Waals surface area (Å²) in [6.45, 7) is 8.59. The highest BCUT2D eigenvalue weighted by atomic mass is 19.1.